The van der Waals surface area contributed by atoms with Crippen molar-refractivity contribution in [2.45, 2.75) is 47.2 Å². The number of hydrogen-bond acceptors (Lipinski definition) is 4. The molecule has 0 unspecified atom stereocenters. The van der Waals surface area contributed by atoms with Gasteiger partial charge in [0.05, 0.1) is 17.1 Å². The summed E-state index contributed by atoms with van der Waals surface area (Å²) in [6.07, 6.45) is 2.78. The van der Waals surface area contributed by atoms with Gasteiger partial charge in [0, 0.05) is 25.7 Å². The number of hydrogen-bond donors (Lipinski definition) is 0. The molecule has 7 nitrogen and oxygen atoms in total. The predicted molar refractivity (Wildman–Crippen MR) is 104 cm³/mol. The van der Waals surface area contributed by atoms with Gasteiger partial charge in [0.25, 0.3) is 5.56 Å². The lowest BCUT2D eigenvalue weighted by atomic mass is 9.92. The molecular weight excluding hydrogens is 344 g/mol. The number of amides is 1. The van der Waals surface area contributed by atoms with Gasteiger partial charge in [0.1, 0.15) is 17.8 Å². The SMILES string of the molecule is CCn1c2cc(C)oc2c2cnn(CC(=O)N3C[C@@H](C)C[C@H](C)C3)c(=O)c21. The molecule has 0 saturated carbocycles. The van der Waals surface area contributed by atoms with Crippen molar-refractivity contribution in [2.75, 3.05) is 13.1 Å². The Morgan fingerprint density at radius 2 is 2.00 bits per heavy atom. The first-order valence-electron chi connectivity index (χ1n) is 9.65. The van der Waals surface area contributed by atoms with Crippen molar-refractivity contribution in [1.82, 2.24) is 19.2 Å². The van der Waals surface area contributed by atoms with Crippen molar-refractivity contribution in [3.05, 3.63) is 28.4 Å². The normalized spacial score (nSPS) is 20.7. The first-order valence-corrected chi connectivity index (χ1v) is 9.65. The molecule has 144 valence electrons. The lowest BCUT2D eigenvalue weighted by molar-refractivity contribution is -0.134. The molecule has 1 amide bonds. The molecular formula is C20H26N4O3. The summed E-state index contributed by atoms with van der Waals surface area (Å²) in [6.45, 7) is 10.3. The van der Waals surface area contributed by atoms with Gasteiger partial charge in [-0.3, -0.25) is 9.59 Å². The van der Waals surface area contributed by atoms with Crippen molar-refractivity contribution in [1.29, 1.82) is 0 Å². The summed E-state index contributed by atoms with van der Waals surface area (Å²) in [5, 5.41) is 4.97. The number of fused-ring (bicyclic) bond motifs is 3. The van der Waals surface area contributed by atoms with Crippen LogP contribution in [0.25, 0.3) is 22.0 Å². The van der Waals surface area contributed by atoms with Crippen LogP contribution in [0.4, 0.5) is 0 Å². The maximum atomic E-state index is 13.1. The van der Waals surface area contributed by atoms with Crippen LogP contribution in [0, 0.1) is 18.8 Å². The molecule has 4 heterocycles. The van der Waals surface area contributed by atoms with Crippen LogP contribution in [0.2, 0.25) is 0 Å². The molecule has 0 aliphatic carbocycles. The largest absolute Gasteiger partial charge is 0.459 e. The second-order valence-electron chi connectivity index (χ2n) is 7.93. The topological polar surface area (TPSA) is 73.3 Å². The molecule has 1 aliphatic rings. The number of rotatable bonds is 3. The van der Waals surface area contributed by atoms with Crippen molar-refractivity contribution in [3.63, 3.8) is 0 Å². The van der Waals surface area contributed by atoms with Gasteiger partial charge in [-0.05, 0) is 32.1 Å². The Hall–Kier alpha value is -2.57. The van der Waals surface area contributed by atoms with Gasteiger partial charge < -0.3 is 13.9 Å². The highest BCUT2D eigenvalue weighted by molar-refractivity contribution is 6.04. The third-order valence-corrected chi connectivity index (χ3v) is 5.48. The fraction of sp³-hybridized carbons (Fsp3) is 0.550. The van der Waals surface area contributed by atoms with Crippen LogP contribution in [0.3, 0.4) is 0 Å². The van der Waals surface area contributed by atoms with E-state index in [1.807, 2.05) is 29.4 Å². The average molecular weight is 370 g/mol. The number of piperidine rings is 1. The number of carbonyl (C=O) groups excluding carboxylic acids is 1. The third-order valence-electron chi connectivity index (χ3n) is 5.48. The Kier molecular flexibility index (Phi) is 4.32. The van der Waals surface area contributed by atoms with Gasteiger partial charge >= 0.3 is 0 Å². The standard InChI is InChI=1S/C20H26N4O3/c1-5-23-16-7-14(4)27-19(16)15-8-21-24(20(26)18(15)23)11-17(25)22-9-12(2)6-13(3)10-22/h7-8,12-13H,5-6,9-11H2,1-4H3/t12-,13-/m0/s1. The van der Waals surface area contributed by atoms with Crippen molar-refractivity contribution >= 4 is 27.9 Å². The Labute approximate surface area is 157 Å². The van der Waals surface area contributed by atoms with Crippen LogP contribution in [0.5, 0.6) is 0 Å². The molecule has 0 N–H and O–H groups in total. The Morgan fingerprint density at radius 3 is 2.67 bits per heavy atom. The molecule has 1 aliphatic heterocycles. The fourth-order valence-electron chi connectivity index (χ4n) is 4.46. The van der Waals surface area contributed by atoms with Gasteiger partial charge in [0.15, 0.2) is 5.58 Å². The molecule has 1 fully saturated rings. The van der Waals surface area contributed by atoms with Crippen molar-refractivity contribution in [3.8, 4) is 0 Å². The minimum absolute atomic E-state index is 0.0243. The Bertz CT molecular complexity index is 1060. The van der Waals surface area contributed by atoms with E-state index < -0.39 is 0 Å². The Morgan fingerprint density at radius 1 is 1.30 bits per heavy atom. The summed E-state index contributed by atoms with van der Waals surface area (Å²) < 4.78 is 9.00. The second kappa shape index (κ2) is 6.55. The van der Waals surface area contributed by atoms with E-state index in [2.05, 4.69) is 18.9 Å². The molecule has 2 atom stereocenters. The van der Waals surface area contributed by atoms with E-state index in [0.29, 0.717) is 34.9 Å². The molecule has 1 saturated heterocycles. The zero-order valence-electron chi connectivity index (χ0n) is 16.4. The Balaban J connectivity index is 1.72. The zero-order chi connectivity index (χ0) is 19.3. The maximum absolute atomic E-state index is 13.1. The third kappa shape index (κ3) is 2.95. The lowest BCUT2D eigenvalue weighted by Gasteiger charge is -2.35. The van der Waals surface area contributed by atoms with Crippen LogP contribution in [0.15, 0.2) is 21.5 Å². The number of aromatic nitrogens is 3. The first-order chi connectivity index (χ1) is 12.9. The predicted octanol–water partition coefficient (Wildman–Crippen LogP) is 2.78. The molecule has 0 bridgehead atoms. The quantitative estimate of drug-likeness (QED) is 0.711. The van der Waals surface area contributed by atoms with Gasteiger partial charge in [-0.2, -0.15) is 5.10 Å². The number of aryl methyl sites for hydroxylation is 2. The lowest BCUT2D eigenvalue weighted by Crippen LogP contribution is -2.45. The summed E-state index contributed by atoms with van der Waals surface area (Å²) in [5.74, 6) is 1.72. The molecule has 0 spiro atoms. The molecule has 7 heteroatoms. The molecule has 0 aromatic carbocycles. The van der Waals surface area contributed by atoms with E-state index in [9.17, 15) is 9.59 Å². The van der Waals surface area contributed by atoms with E-state index in [1.54, 1.807) is 6.20 Å². The van der Waals surface area contributed by atoms with Crippen LogP contribution in [-0.4, -0.2) is 38.2 Å². The average Bonchev–Trinajstić information content (AvgIpc) is 3.11. The first kappa shape index (κ1) is 17.8. The minimum Gasteiger partial charge on any atom is -0.459 e. The molecule has 4 rings (SSSR count). The van der Waals surface area contributed by atoms with E-state index in [-0.39, 0.29) is 18.0 Å². The second-order valence-corrected chi connectivity index (χ2v) is 7.93. The van der Waals surface area contributed by atoms with Gasteiger partial charge in [-0.1, -0.05) is 13.8 Å². The van der Waals surface area contributed by atoms with Crippen LogP contribution in [-0.2, 0) is 17.9 Å². The molecule has 3 aromatic heterocycles. The molecule has 0 radical (unpaired) electrons. The van der Waals surface area contributed by atoms with Crippen LogP contribution >= 0.6 is 0 Å². The van der Waals surface area contributed by atoms with E-state index in [1.165, 1.54) is 4.68 Å². The van der Waals surface area contributed by atoms with Crippen molar-refractivity contribution < 1.29 is 9.21 Å². The summed E-state index contributed by atoms with van der Waals surface area (Å²) in [7, 11) is 0. The smallest absolute Gasteiger partial charge is 0.291 e. The fourth-order valence-corrected chi connectivity index (χ4v) is 4.46. The maximum Gasteiger partial charge on any atom is 0.291 e. The molecule has 27 heavy (non-hydrogen) atoms. The van der Waals surface area contributed by atoms with Crippen LogP contribution < -0.4 is 5.56 Å². The van der Waals surface area contributed by atoms with E-state index >= 15 is 0 Å². The summed E-state index contributed by atoms with van der Waals surface area (Å²) in [4.78, 5) is 27.7. The molecule has 3 aromatic rings. The number of likely N-dealkylation sites (tertiary alicyclic amines) is 1. The number of furan rings is 1. The number of carbonyl (C=O) groups is 1. The highest BCUT2D eigenvalue weighted by atomic mass is 16.3. The minimum atomic E-state index is -0.246. The highest BCUT2D eigenvalue weighted by Gasteiger charge is 2.26. The summed E-state index contributed by atoms with van der Waals surface area (Å²) in [6, 6.07) is 1.93. The van der Waals surface area contributed by atoms with Crippen molar-refractivity contribution in [2.24, 2.45) is 11.8 Å². The van der Waals surface area contributed by atoms with Gasteiger partial charge in [-0.15, -0.1) is 0 Å². The summed E-state index contributed by atoms with van der Waals surface area (Å²) >= 11 is 0. The van der Waals surface area contributed by atoms with Crippen LogP contribution in [0.1, 0.15) is 33.0 Å². The van der Waals surface area contributed by atoms with E-state index in [4.69, 9.17) is 4.42 Å². The monoisotopic (exact) mass is 370 g/mol. The zero-order valence-corrected chi connectivity index (χ0v) is 16.4. The van der Waals surface area contributed by atoms with Gasteiger partial charge in [-0.25, -0.2) is 4.68 Å². The highest BCUT2D eigenvalue weighted by Crippen LogP contribution is 2.29. The van der Waals surface area contributed by atoms with E-state index in [0.717, 1.165) is 30.8 Å². The van der Waals surface area contributed by atoms with Gasteiger partial charge in [0.2, 0.25) is 5.91 Å². The summed E-state index contributed by atoms with van der Waals surface area (Å²) in [5.41, 5.74) is 1.89. The number of nitrogens with zero attached hydrogens (tertiary/aromatic N) is 4.